The van der Waals surface area contributed by atoms with E-state index in [2.05, 4.69) is 5.32 Å². The Balaban J connectivity index is 1.66. The molecule has 166 valence electrons. The Morgan fingerprint density at radius 2 is 1.74 bits per heavy atom. The lowest BCUT2D eigenvalue weighted by atomic mass is 9.93. The van der Waals surface area contributed by atoms with Gasteiger partial charge in [-0.1, -0.05) is 49.7 Å². The molecule has 1 amide bonds. The topological polar surface area (TPSA) is 81.7 Å². The van der Waals surface area contributed by atoms with E-state index in [4.69, 9.17) is 9.47 Å². The van der Waals surface area contributed by atoms with Gasteiger partial charge in [0.2, 0.25) is 0 Å². The maximum absolute atomic E-state index is 12.5. The molecule has 0 bridgehead atoms. The van der Waals surface area contributed by atoms with Crippen molar-refractivity contribution in [3.8, 4) is 5.75 Å². The minimum Gasteiger partial charge on any atom is -0.496 e. The molecule has 2 rings (SSSR count). The van der Waals surface area contributed by atoms with Gasteiger partial charge in [0.05, 0.1) is 12.7 Å². The van der Waals surface area contributed by atoms with E-state index in [-0.39, 0.29) is 30.5 Å². The van der Waals surface area contributed by atoms with E-state index in [0.29, 0.717) is 17.9 Å². The Morgan fingerprint density at radius 1 is 1.00 bits per heavy atom. The summed E-state index contributed by atoms with van der Waals surface area (Å²) in [6.45, 7) is 4.15. The minimum atomic E-state index is -0.436. The van der Waals surface area contributed by atoms with Gasteiger partial charge in [-0.15, -0.1) is 0 Å². The van der Waals surface area contributed by atoms with Crippen LogP contribution in [0.3, 0.4) is 0 Å². The van der Waals surface area contributed by atoms with Crippen molar-refractivity contribution in [3.63, 3.8) is 0 Å². The molecule has 31 heavy (non-hydrogen) atoms. The van der Waals surface area contributed by atoms with Gasteiger partial charge >= 0.3 is 6.09 Å². The first-order chi connectivity index (χ1) is 14.9. The molecule has 2 aromatic carbocycles. The number of ketones is 2. The molecule has 0 aliphatic rings. The fourth-order valence-corrected chi connectivity index (χ4v) is 3.22. The van der Waals surface area contributed by atoms with Crippen LogP contribution in [0, 0.1) is 5.92 Å². The van der Waals surface area contributed by atoms with Gasteiger partial charge in [0, 0.05) is 18.9 Å². The quantitative estimate of drug-likeness (QED) is 0.392. The molecule has 0 aromatic heterocycles. The molecule has 0 radical (unpaired) electrons. The first-order valence-electron chi connectivity index (χ1n) is 10.6. The number of alkyl carbamates (subject to hydrolysis) is 1. The van der Waals surface area contributed by atoms with Crippen molar-refractivity contribution in [2.75, 3.05) is 13.7 Å². The number of carbonyl (C=O) groups is 3. The van der Waals surface area contributed by atoms with Crippen LogP contribution in [0.15, 0.2) is 48.5 Å². The van der Waals surface area contributed by atoms with E-state index in [1.54, 1.807) is 12.1 Å². The van der Waals surface area contributed by atoms with E-state index >= 15 is 0 Å². The van der Waals surface area contributed by atoms with Crippen LogP contribution in [-0.2, 0) is 22.6 Å². The van der Waals surface area contributed by atoms with Crippen LogP contribution in [0.5, 0.6) is 5.75 Å². The molecule has 6 heteroatoms. The number of methoxy groups -OCH3 is 1. The number of unbranched alkanes of at least 4 members (excludes halogenated alkanes) is 1. The molecule has 0 aliphatic carbocycles. The third-order valence-electron chi connectivity index (χ3n) is 5.12. The van der Waals surface area contributed by atoms with E-state index in [0.717, 1.165) is 30.4 Å². The maximum Gasteiger partial charge on any atom is 0.407 e. The SMILES string of the molecule is COc1ccc(CC(=O)[C@@H](C)CCCCNC(=O)OCc2ccccc2)cc1C(C)=O. The van der Waals surface area contributed by atoms with Crippen LogP contribution in [-0.4, -0.2) is 31.3 Å². The van der Waals surface area contributed by atoms with Gasteiger partial charge < -0.3 is 14.8 Å². The van der Waals surface area contributed by atoms with Crippen LogP contribution in [0.2, 0.25) is 0 Å². The summed E-state index contributed by atoms with van der Waals surface area (Å²) in [6.07, 6.45) is 2.20. The lowest BCUT2D eigenvalue weighted by Gasteiger charge is -2.12. The molecule has 0 unspecified atom stereocenters. The molecule has 0 aliphatic heterocycles. The second-order valence-electron chi connectivity index (χ2n) is 7.62. The summed E-state index contributed by atoms with van der Waals surface area (Å²) in [5.74, 6) is 0.475. The molecule has 0 fully saturated rings. The number of benzene rings is 2. The van der Waals surface area contributed by atoms with Crippen LogP contribution in [0.4, 0.5) is 4.79 Å². The first kappa shape index (κ1) is 24.1. The first-order valence-corrected chi connectivity index (χ1v) is 10.6. The highest BCUT2D eigenvalue weighted by atomic mass is 16.5. The van der Waals surface area contributed by atoms with Crippen molar-refractivity contribution >= 4 is 17.7 Å². The van der Waals surface area contributed by atoms with Gasteiger partial charge in [-0.25, -0.2) is 4.79 Å². The lowest BCUT2D eigenvalue weighted by Crippen LogP contribution is -2.25. The fourth-order valence-electron chi connectivity index (χ4n) is 3.22. The summed E-state index contributed by atoms with van der Waals surface area (Å²) < 4.78 is 10.4. The lowest BCUT2D eigenvalue weighted by molar-refractivity contribution is -0.121. The van der Waals surface area contributed by atoms with E-state index in [1.807, 2.05) is 43.3 Å². The Hall–Kier alpha value is -3.15. The van der Waals surface area contributed by atoms with Gasteiger partial charge in [-0.2, -0.15) is 0 Å². The number of nitrogens with one attached hydrogen (secondary N) is 1. The molecule has 6 nitrogen and oxygen atoms in total. The molecule has 0 spiro atoms. The second kappa shape index (κ2) is 12.5. The van der Waals surface area contributed by atoms with Crippen LogP contribution in [0.25, 0.3) is 0 Å². The molecule has 0 saturated heterocycles. The summed E-state index contributed by atoms with van der Waals surface area (Å²) >= 11 is 0. The number of hydrogen-bond donors (Lipinski definition) is 1. The van der Waals surface area contributed by atoms with E-state index in [1.165, 1.54) is 14.0 Å². The van der Waals surface area contributed by atoms with Crippen molar-refractivity contribution in [2.45, 2.75) is 46.1 Å². The van der Waals surface area contributed by atoms with Crippen LogP contribution >= 0.6 is 0 Å². The number of Topliss-reactive ketones (excluding diaryl/α,β-unsaturated/α-hetero) is 2. The Labute approximate surface area is 183 Å². The summed E-state index contributed by atoms with van der Waals surface area (Å²) in [5, 5.41) is 2.73. The Bertz CT molecular complexity index is 879. The summed E-state index contributed by atoms with van der Waals surface area (Å²) in [7, 11) is 1.52. The Morgan fingerprint density at radius 3 is 2.42 bits per heavy atom. The molecular formula is C25H31NO5. The third kappa shape index (κ3) is 8.24. The molecule has 1 atom stereocenters. The van der Waals surface area contributed by atoms with Gasteiger partial charge in [0.25, 0.3) is 0 Å². The molecular weight excluding hydrogens is 394 g/mol. The predicted octanol–water partition coefficient (Wildman–Crippen LogP) is 4.74. The number of amides is 1. The summed E-state index contributed by atoms with van der Waals surface area (Å²) in [4.78, 5) is 36.0. The monoisotopic (exact) mass is 425 g/mol. The van der Waals surface area contributed by atoms with Crippen molar-refractivity contribution in [2.24, 2.45) is 5.92 Å². The minimum absolute atomic E-state index is 0.0889. The van der Waals surface area contributed by atoms with Crippen molar-refractivity contribution < 1.29 is 23.9 Å². The fraction of sp³-hybridized carbons (Fsp3) is 0.400. The van der Waals surface area contributed by atoms with Gasteiger partial charge in [-0.3, -0.25) is 9.59 Å². The highest BCUT2D eigenvalue weighted by Crippen LogP contribution is 2.22. The smallest absolute Gasteiger partial charge is 0.407 e. The highest BCUT2D eigenvalue weighted by Gasteiger charge is 2.15. The molecule has 0 saturated carbocycles. The van der Waals surface area contributed by atoms with E-state index < -0.39 is 6.09 Å². The average molecular weight is 426 g/mol. The molecule has 2 aromatic rings. The zero-order valence-electron chi connectivity index (χ0n) is 18.5. The van der Waals surface area contributed by atoms with Crippen molar-refractivity contribution in [1.29, 1.82) is 0 Å². The maximum atomic E-state index is 12.5. The predicted molar refractivity (Wildman–Crippen MR) is 119 cm³/mol. The number of hydrogen-bond acceptors (Lipinski definition) is 5. The van der Waals surface area contributed by atoms with Crippen LogP contribution < -0.4 is 10.1 Å². The third-order valence-corrected chi connectivity index (χ3v) is 5.12. The summed E-state index contributed by atoms with van der Waals surface area (Å²) in [6, 6.07) is 14.8. The van der Waals surface area contributed by atoms with Crippen molar-refractivity contribution in [1.82, 2.24) is 5.32 Å². The van der Waals surface area contributed by atoms with Crippen LogP contribution in [0.1, 0.15) is 54.6 Å². The number of rotatable bonds is 12. The summed E-state index contributed by atoms with van der Waals surface area (Å²) in [5.41, 5.74) is 2.24. The normalized spacial score (nSPS) is 11.5. The van der Waals surface area contributed by atoms with Crippen molar-refractivity contribution in [3.05, 3.63) is 65.2 Å². The zero-order chi connectivity index (χ0) is 22.6. The Kier molecular flexibility index (Phi) is 9.75. The van der Waals surface area contributed by atoms with Gasteiger partial charge in [-0.05, 0) is 43.0 Å². The standard InChI is InChI=1S/C25H31NO5/c1-18(23(28)16-21-12-13-24(30-3)22(15-21)19(2)27)9-7-8-14-26-25(29)31-17-20-10-5-4-6-11-20/h4-6,10-13,15,18H,7-9,14,16-17H2,1-3H3,(H,26,29)/t18-/m0/s1. The second-order valence-corrected chi connectivity index (χ2v) is 7.62. The number of ether oxygens (including phenoxy) is 2. The highest BCUT2D eigenvalue weighted by molar-refractivity contribution is 5.97. The zero-order valence-corrected chi connectivity index (χ0v) is 18.5. The van der Waals surface area contributed by atoms with Gasteiger partial charge in [0.1, 0.15) is 18.1 Å². The average Bonchev–Trinajstić information content (AvgIpc) is 2.77. The largest absolute Gasteiger partial charge is 0.496 e. The van der Waals surface area contributed by atoms with E-state index in [9.17, 15) is 14.4 Å². The van der Waals surface area contributed by atoms with Gasteiger partial charge in [0.15, 0.2) is 5.78 Å². The number of carbonyl (C=O) groups excluding carboxylic acids is 3. The molecule has 0 heterocycles. The molecule has 1 N–H and O–H groups in total.